The maximum atomic E-state index is 11.5. The standard InChI is InChI=1S/C16H14O2/c1-4-12-5-6-15-10-13(7-8-14(15)9-12)11(2)16(17)18-3/h1,5-11H,2-3H3. The number of fused-ring (bicyclic) bond motifs is 1. The molecule has 0 heterocycles. The van der Waals surface area contributed by atoms with E-state index in [9.17, 15) is 4.79 Å². The summed E-state index contributed by atoms with van der Waals surface area (Å²) in [6.07, 6.45) is 5.37. The van der Waals surface area contributed by atoms with Gasteiger partial charge in [0.25, 0.3) is 0 Å². The molecule has 2 nitrogen and oxygen atoms in total. The van der Waals surface area contributed by atoms with Crippen molar-refractivity contribution in [3.05, 3.63) is 47.5 Å². The number of ether oxygens (including phenoxy) is 1. The molecular weight excluding hydrogens is 224 g/mol. The lowest BCUT2D eigenvalue weighted by molar-refractivity contribution is -0.141. The fourth-order valence-electron chi connectivity index (χ4n) is 1.94. The summed E-state index contributed by atoms with van der Waals surface area (Å²) in [5, 5.41) is 2.15. The zero-order valence-corrected chi connectivity index (χ0v) is 10.4. The zero-order valence-electron chi connectivity index (χ0n) is 10.4. The van der Waals surface area contributed by atoms with Gasteiger partial charge >= 0.3 is 5.97 Å². The molecule has 2 aromatic rings. The van der Waals surface area contributed by atoms with Crippen LogP contribution in [0.25, 0.3) is 10.8 Å². The second-order valence-corrected chi connectivity index (χ2v) is 4.21. The van der Waals surface area contributed by atoms with Gasteiger partial charge in [-0.25, -0.2) is 0 Å². The Bertz CT molecular complexity index is 635. The van der Waals surface area contributed by atoms with Crippen molar-refractivity contribution in [2.24, 2.45) is 0 Å². The Kier molecular flexibility index (Phi) is 3.34. The smallest absolute Gasteiger partial charge is 0.312 e. The molecule has 0 N–H and O–H groups in total. The lowest BCUT2D eigenvalue weighted by Gasteiger charge is -2.10. The van der Waals surface area contributed by atoms with Gasteiger partial charge in [0.05, 0.1) is 13.0 Å². The van der Waals surface area contributed by atoms with Gasteiger partial charge in [-0.05, 0) is 35.4 Å². The van der Waals surface area contributed by atoms with Crippen molar-refractivity contribution in [1.82, 2.24) is 0 Å². The molecular formula is C16H14O2. The van der Waals surface area contributed by atoms with Gasteiger partial charge in [-0.2, -0.15) is 0 Å². The lowest BCUT2D eigenvalue weighted by Crippen LogP contribution is -2.10. The normalized spacial score (nSPS) is 11.8. The Labute approximate surface area is 107 Å². The van der Waals surface area contributed by atoms with Crippen LogP contribution in [0.15, 0.2) is 36.4 Å². The van der Waals surface area contributed by atoms with Crippen LogP contribution >= 0.6 is 0 Å². The topological polar surface area (TPSA) is 26.3 Å². The number of hydrogen-bond acceptors (Lipinski definition) is 2. The summed E-state index contributed by atoms with van der Waals surface area (Å²) in [6, 6.07) is 11.7. The maximum absolute atomic E-state index is 11.5. The predicted octanol–water partition coefficient (Wildman–Crippen LogP) is 3.10. The minimum atomic E-state index is -0.258. The molecule has 0 aromatic heterocycles. The van der Waals surface area contributed by atoms with Gasteiger partial charge in [-0.1, -0.05) is 30.2 Å². The molecule has 0 radical (unpaired) electrons. The molecule has 18 heavy (non-hydrogen) atoms. The van der Waals surface area contributed by atoms with E-state index in [1.165, 1.54) is 7.11 Å². The molecule has 2 rings (SSSR count). The van der Waals surface area contributed by atoms with Gasteiger partial charge in [0, 0.05) is 5.56 Å². The van der Waals surface area contributed by atoms with Crippen molar-refractivity contribution in [2.75, 3.05) is 7.11 Å². The highest BCUT2D eigenvalue weighted by molar-refractivity contribution is 5.86. The number of carbonyl (C=O) groups is 1. The molecule has 1 atom stereocenters. The molecule has 0 bridgehead atoms. The Hall–Kier alpha value is -2.27. The zero-order chi connectivity index (χ0) is 13.1. The number of carbonyl (C=O) groups excluding carboxylic acids is 1. The number of benzene rings is 2. The second kappa shape index (κ2) is 4.93. The highest BCUT2D eigenvalue weighted by atomic mass is 16.5. The molecule has 90 valence electrons. The van der Waals surface area contributed by atoms with Crippen molar-refractivity contribution in [2.45, 2.75) is 12.8 Å². The second-order valence-electron chi connectivity index (χ2n) is 4.21. The molecule has 0 spiro atoms. The highest BCUT2D eigenvalue weighted by Gasteiger charge is 2.15. The van der Waals surface area contributed by atoms with Gasteiger partial charge in [0.1, 0.15) is 0 Å². The third-order valence-electron chi connectivity index (χ3n) is 3.09. The van der Waals surface area contributed by atoms with Crippen LogP contribution in [0.5, 0.6) is 0 Å². The van der Waals surface area contributed by atoms with Crippen LogP contribution < -0.4 is 0 Å². The first-order chi connectivity index (χ1) is 8.65. The summed E-state index contributed by atoms with van der Waals surface area (Å²) in [4.78, 5) is 11.5. The first-order valence-electron chi connectivity index (χ1n) is 5.74. The van der Waals surface area contributed by atoms with E-state index < -0.39 is 0 Å². The molecule has 0 aliphatic rings. The van der Waals surface area contributed by atoms with Gasteiger partial charge < -0.3 is 4.74 Å². The van der Waals surface area contributed by atoms with Gasteiger partial charge in [-0.15, -0.1) is 6.42 Å². The van der Waals surface area contributed by atoms with E-state index in [2.05, 4.69) is 5.92 Å². The average molecular weight is 238 g/mol. The van der Waals surface area contributed by atoms with Gasteiger partial charge in [0.15, 0.2) is 0 Å². The lowest BCUT2D eigenvalue weighted by atomic mass is 9.97. The summed E-state index contributed by atoms with van der Waals surface area (Å²) in [7, 11) is 1.40. The fourth-order valence-corrected chi connectivity index (χ4v) is 1.94. The molecule has 0 fully saturated rings. The average Bonchev–Trinajstić information content (AvgIpc) is 2.44. The summed E-state index contributed by atoms with van der Waals surface area (Å²) in [5.74, 6) is 2.12. The first-order valence-corrected chi connectivity index (χ1v) is 5.74. The van der Waals surface area contributed by atoms with Crippen LogP contribution in [0.3, 0.4) is 0 Å². The predicted molar refractivity (Wildman–Crippen MR) is 72.3 cm³/mol. The fraction of sp³-hybridized carbons (Fsp3) is 0.188. The molecule has 0 aliphatic heterocycles. The molecule has 0 aliphatic carbocycles. The van der Waals surface area contributed by atoms with Crippen molar-refractivity contribution in [3.8, 4) is 12.3 Å². The van der Waals surface area contributed by atoms with E-state index in [1.54, 1.807) is 0 Å². The van der Waals surface area contributed by atoms with E-state index in [4.69, 9.17) is 11.2 Å². The first kappa shape index (κ1) is 12.2. The van der Waals surface area contributed by atoms with Gasteiger partial charge in [0.2, 0.25) is 0 Å². The third kappa shape index (κ3) is 2.21. The Morgan fingerprint density at radius 1 is 1.22 bits per heavy atom. The van der Waals surface area contributed by atoms with Crippen LogP contribution in [-0.2, 0) is 9.53 Å². The number of terminal acetylenes is 1. The highest BCUT2D eigenvalue weighted by Crippen LogP contribution is 2.23. The molecule has 1 unspecified atom stereocenters. The summed E-state index contributed by atoms with van der Waals surface area (Å²) in [6.45, 7) is 1.84. The van der Waals surface area contributed by atoms with Crippen molar-refractivity contribution < 1.29 is 9.53 Å². The largest absolute Gasteiger partial charge is 0.469 e. The Morgan fingerprint density at radius 2 is 1.89 bits per heavy atom. The van der Waals surface area contributed by atoms with Gasteiger partial charge in [-0.3, -0.25) is 4.79 Å². The minimum absolute atomic E-state index is 0.227. The molecule has 2 heteroatoms. The molecule has 0 amide bonds. The van der Waals surface area contributed by atoms with E-state index in [0.717, 1.165) is 21.9 Å². The summed E-state index contributed by atoms with van der Waals surface area (Å²) < 4.78 is 4.75. The number of methoxy groups -OCH3 is 1. The van der Waals surface area contributed by atoms with Crippen LogP contribution in [-0.4, -0.2) is 13.1 Å². The van der Waals surface area contributed by atoms with Crippen molar-refractivity contribution in [1.29, 1.82) is 0 Å². The van der Waals surface area contributed by atoms with Crippen molar-refractivity contribution in [3.63, 3.8) is 0 Å². The van der Waals surface area contributed by atoms with E-state index in [1.807, 2.05) is 43.3 Å². The van der Waals surface area contributed by atoms with Crippen LogP contribution in [0.1, 0.15) is 24.0 Å². The summed E-state index contributed by atoms with van der Waals surface area (Å²) >= 11 is 0. The van der Waals surface area contributed by atoms with Crippen molar-refractivity contribution >= 4 is 16.7 Å². The van der Waals surface area contributed by atoms with E-state index in [0.29, 0.717) is 0 Å². The van der Waals surface area contributed by atoms with Crippen LogP contribution in [0.2, 0.25) is 0 Å². The van der Waals surface area contributed by atoms with E-state index in [-0.39, 0.29) is 11.9 Å². The molecule has 0 saturated heterocycles. The maximum Gasteiger partial charge on any atom is 0.312 e. The minimum Gasteiger partial charge on any atom is -0.469 e. The Balaban J connectivity index is 2.46. The van der Waals surface area contributed by atoms with E-state index >= 15 is 0 Å². The third-order valence-corrected chi connectivity index (χ3v) is 3.09. The van der Waals surface area contributed by atoms with Crippen LogP contribution in [0, 0.1) is 12.3 Å². The molecule has 2 aromatic carbocycles. The number of hydrogen-bond donors (Lipinski definition) is 0. The quantitative estimate of drug-likeness (QED) is 0.593. The Morgan fingerprint density at radius 3 is 2.56 bits per heavy atom. The molecule has 0 saturated carbocycles. The SMILES string of the molecule is C#Cc1ccc2cc(C(C)C(=O)OC)ccc2c1. The summed E-state index contributed by atoms with van der Waals surface area (Å²) in [5.41, 5.74) is 1.80. The number of rotatable bonds is 2. The van der Waals surface area contributed by atoms with Crippen LogP contribution in [0.4, 0.5) is 0 Å². The number of esters is 1. The monoisotopic (exact) mass is 238 g/mol.